The van der Waals surface area contributed by atoms with E-state index in [4.69, 9.17) is 11.5 Å². The Morgan fingerprint density at radius 2 is 1.64 bits per heavy atom. The molecule has 0 aromatic heterocycles. The van der Waals surface area contributed by atoms with Gasteiger partial charge in [-0.15, -0.1) is 0 Å². The number of benzene rings is 2. The van der Waals surface area contributed by atoms with Gasteiger partial charge in [-0.1, -0.05) is 24.3 Å². The Kier molecular flexibility index (Phi) is 1.85. The van der Waals surface area contributed by atoms with Crippen LogP contribution in [0.4, 0.5) is 5.69 Å². The largest absolute Gasteiger partial charge is 0.398 e. The Morgan fingerprint density at radius 1 is 1.00 bits per heavy atom. The van der Waals surface area contributed by atoms with Crippen LogP contribution in [-0.4, -0.2) is 5.91 Å². The van der Waals surface area contributed by atoms with E-state index in [1.807, 2.05) is 18.2 Å². The van der Waals surface area contributed by atoms with Gasteiger partial charge in [0.05, 0.1) is 0 Å². The van der Waals surface area contributed by atoms with Crippen LogP contribution in [0, 0.1) is 0 Å². The molecule has 70 valence electrons. The predicted molar refractivity (Wildman–Crippen MR) is 56.9 cm³/mol. The molecular weight excluding hydrogens is 176 g/mol. The Hall–Kier alpha value is -2.03. The van der Waals surface area contributed by atoms with Gasteiger partial charge in [0.1, 0.15) is 0 Å². The average molecular weight is 186 g/mol. The lowest BCUT2D eigenvalue weighted by molar-refractivity contribution is 0.100. The first-order valence-electron chi connectivity index (χ1n) is 4.27. The van der Waals surface area contributed by atoms with Crippen molar-refractivity contribution >= 4 is 22.4 Å². The highest BCUT2D eigenvalue weighted by atomic mass is 16.1. The number of primary amides is 1. The third-order valence-electron chi connectivity index (χ3n) is 2.22. The van der Waals surface area contributed by atoms with Gasteiger partial charge in [-0.2, -0.15) is 0 Å². The number of fused-ring (bicyclic) bond motifs is 1. The lowest BCUT2D eigenvalue weighted by Gasteiger charge is -2.04. The summed E-state index contributed by atoms with van der Waals surface area (Å²) in [5, 5.41) is 1.67. The van der Waals surface area contributed by atoms with Crippen molar-refractivity contribution in [2.75, 3.05) is 5.73 Å². The molecule has 14 heavy (non-hydrogen) atoms. The average Bonchev–Trinajstić information content (AvgIpc) is 2.17. The van der Waals surface area contributed by atoms with Crippen molar-refractivity contribution < 1.29 is 4.79 Å². The molecule has 0 fully saturated rings. The number of carbonyl (C=O) groups excluding carboxylic acids is 1. The topological polar surface area (TPSA) is 69.1 Å². The van der Waals surface area contributed by atoms with E-state index >= 15 is 0 Å². The maximum atomic E-state index is 11.1. The van der Waals surface area contributed by atoms with Crippen molar-refractivity contribution in [3.8, 4) is 0 Å². The molecule has 2 aromatic carbocycles. The summed E-state index contributed by atoms with van der Waals surface area (Å²) in [7, 11) is 0. The number of rotatable bonds is 1. The maximum Gasteiger partial charge on any atom is 0.249 e. The fraction of sp³-hybridized carbons (Fsp3) is 0. The number of nitrogens with two attached hydrogens (primary N) is 2. The lowest BCUT2D eigenvalue weighted by atomic mass is 10.0. The zero-order valence-corrected chi connectivity index (χ0v) is 7.53. The fourth-order valence-corrected chi connectivity index (χ4v) is 1.55. The van der Waals surface area contributed by atoms with Gasteiger partial charge in [-0.05, 0) is 17.5 Å². The highest BCUT2D eigenvalue weighted by Crippen LogP contribution is 2.23. The van der Waals surface area contributed by atoms with Crippen LogP contribution in [0.15, 0.2) is 36.4 Å². The number of hydrogen-bond donors (Lipinski definition) is 2. The molecule has 0 radical (unpaired) electrons. The second-order valence-electron chi connectivity index (χ2n) is 3.11. The highest BCUT2D eigenvalue weighted by molar-refractivity contribution is 6.08. The molecule has 0 bridgehead atoms. The van der Waals surface area contributed by atoms with Crippen molar-refractivity contribution in [1.29, 1.82) is 0 Å². The summed E-state index contributed by atoms with van der Waals surface area (Å²) >= 11 is 0. The fourth-order valence-electron chi connectivity index (χ4n) is 1.55. The van der Waals surface area contributed by atoms with Gasteiger partial charge in [0.15, 0.2) is 0 Å². The normalized spacial score (nSPS) is 10.3. The maximum absolute atomic E-state index is 11.1. The van der Waals surface area contributed by atoms with Gasteiger partial charge in [-0.3, -0.25) is 4.79 Å². The predicted octanol–water partition coefficient (Wildman–Crippen LogP) is 1.52. The monoisotopic (exact) mass is 186 g/mol. The summed E-state index contributed by atoms with van der Waals surface area (Å²) in [5.74, 6) is -0.429. The molecule has 0 aliphatic rings. The first-order valence-corrected chi connectivity index (χ1v) is 4.27. The Morgan fingerprint density at radius 3 is 2.36 bits per heavy atom. The molecule has 0 saturated carbocycles. The van der Waals surface area contributed by atoms with Crippen LogP contribution >= 0.6 is 0 Å². The van der Waals surface area contributed by atoms with E-state index in [2.05, 4.69) is 0 Å². The van der Waals surface area contributed by atoms with E-state index < -0.39 is 5.91 Å². The van der Waals surface area contributed by atoms with Gasteiger partial charge in [0.2, 0.25) is 5.91 Å². The van der Waals surface area contributed by atoms with Gasteiger partial charge in [0, 0.05) is 16.6 Å². The zero-order chi connectivity index (χ0) is 10.1. The first-order chi connectivity index (χ1) is 6.70. The third kappa shape index (κ3) is 1.19. The summed E-state index contributed by atoms with van der Waals surface area (Å²) in [4.78, 5) is 11.1. The van der Waals surface area contributed by atoms with Gasteiger partial charge < -0.3 is 11.5 Å². The van der Waals surface area contributed by atoms with E-state index in [0.717, 1.165) is 10.8 Å². The Balaban J connectivity index is 2.88. The van der Waals surface area contributed by atoms with Crippen LogP contribution in [0.2, 0.25) is 0 Å². The summed E-state index contributed by atoms with van der Waals surface area (Å²) in [6, 6.07) is 10.8. The molecule has 4 N–H and O–H groups in total. The molecule has 1 amide bonds. The standard InChI is InChI=1S/C11H10N2O/c12-10-6-2-3-7-8(10)4-1-5-9(7)11(13)14/h1-6H,12H2,(H2,13,14). The third-order valence-corrected chi connectivity index (χ3v) is 2.22. The molecule has 2 aromatic rings. The number of amides is 1. The molecule has 0 aliphatic heterocycles. The lowest BCUT2D eigenvalue weighted by Crippen LogP contribution is -2.11. The minimum Gasteiger partial charge on any atom is -0.398 e. The van der Waals surface area contributed by atoms with Crippen molar-refractivity contribution in [2.45, 2.75) is 0 Å². The van der Waals surface area contributed by atoms with Crippen molar-refractivity contribution in [2.24, 2.45) is 5.73 Å². The number of carbonyl (C=O) groups is 1. The Bertz CT molecular complexity index is 506. The minimum atomic E-state index is -0.429. The summed E-state index contributed by atoms with van der Waals surface area (Å²) in [6.45, 7) is 0. The molecule has 0 spiro atoms. The highest BCUT2D eigenvalue weighted by Gasteiger charge is 2.06. The molecule has 2 rings (SSSR count). The van der Waals surface area contributed by atoms with Crippen molar-refractivity contribution in [3.63, 3.8) is 0 Å². The molecular formula is C11H10N2O. The van der Waals surface area contributed by atoms with E-state index in [0.29, 0.717) is 11.3 Å². The van der Waals surface area contributed by atoms with E-state index in [-0.39, 0.29) is 0 Å². The van der Waals surface area contributed by atoms with Crippen LogP contribution in [0.25, 0.3) is 10.8 Å². The number of anilines is 1. The van der Waals surface area contributed by atoms with Crippen LogP contribution in [-0.2, 0) is 0 Å². The molecule has 0 atom stereocenters. The SMILES string of the molecule is NC(=O)c1cccc2c(N)cccc12. The van der Waals surface area contributed by atoms with Crippen molar-refractivity contribution in [1.82, 2.24) is 0 Å². The minimum absolute atomic E-state index is 0.429. The Labute approximate surface area is 81.3 Å². The van der Waals surface area contributed by atoms with Crippen LogP contribution in [0.5, 0.6) is 0 Å². The molecule has 0 unspecified atom stereocenters. The quantitative estimate of drug-likeness (QED) is 0.663. The van der Waals surface area contributed by atoms with Crippen LogP contribution in [0.3, 0.4) is 0 Å². The summed E-state index contributed by atoms with van der Waals surface area (Å²) in [5.41, 5.74) is 12.2. The second-order valence-corrected chi connectivity index (χ2v) is 3.11. The van der Waals surface area contributed by atoms with Gasteiger partial charge in [-0.25, -0.2) is 0 Å². The van der Waals surface area contributed by atoms with Gasteiger partial charge >= 0.3 is 0 Å². The van der Waals surface area contributed by atoms with E-state index in [1.165, 1.54) is 0 Å². The van der Waals surface area contributed by atoms with Gasteiger partial charge in [0.25, 0.3) is 0 Å². The molecule has 0 aliphatic carbocycles. The van der Waals surface area contributed by atoms with E-state index in [9.17, 15) is 4.79 Å². The summed E-state index contributed by atoms with van der Waals surface area (Å²) in [6.07, 6.45) is 0. The molecule has 0 saturated heterocycles. The van der Waals surface area contributed by atoms with Crippen LogP contribution in [0.1, 0.15) is 10.4 Å². The zero-order valence-electron chi connectivity index (χ0n) is 7.53. The molecule has 3 heteroatoms. The van der Waals surface area contributed by atoms with Crippen molar-refractivity contribution in [3.05, 3.63) is 42.0 Å². The van der Waals surface area contributed by atoms with Crippen LogP contribution < -0.4 is 11.5 Å². The number of hydrogen-bond acceptors (Lipinski definition) is 2. The second kappa shape index (κ2) is 3.03. The molecule has 0 heterocycles. The summed E-state index contributed by atoms with van der Waals surface area (Å²) < 4.78 is 0. The molecule has 3 nitrogen and oxygen atoms in total. The number of nitrogen functional groups attached to an aromatic ring is 1. The smallest absolute Gasteiger partial charge is 0.249 e. The van der Waals surface area contributed by atoms with E-state index in [1.54, 1.807) is 18.2 Å². The first kappa shape index (κ1) is 8.56.